The highest BCUT2D eigenvalue weighted by Gasteiger charge is 2.15. The predicted octanol–water partition coefficient (Wildman–Crippen LogP) is 4.26. The average molecular weight is 308 g/mol. The first-order valence-electron chi connectivity index (χ1n) is 6.73. The molecule has 0 aliphatic carbocycles. The lowest BCUT2D eigenvalue weighted by molar-refractivity contribution is 0.748. The summed E-state index contributed by atoms with van der Waals surface area (Å²) in [6.07, 6.45) is 0. The molecule has 0 atom stereocenters. The molecule has 0 spiro atoms. The summed E-state index contributed by atoms with van der Waals surface area (Å²) in [4.78, 5) is 13.8. The minimum absolute atomic E-state index is 0.311. The summed E-state index contributed by atoms with van der Waals surface area (Å²) >= 11 is 3.28. The molecule has 1 N–H and O–H groups in total. The zero-order valence-corrected chi connectivity index (χ0v) is 14.2. The van der Waals surface area contributed by atoms with Crippen LogP contribution in [0.3, 0.4) is 0 Å². The second-order valence-electron chi connectivity index (χ2n) is 4.90. The second kappa shape index (κ2) is 6.54. The van der Waals surface area contributed by atoms with Crippen molar-refractivity contribution in [3.63, 3.8) is 0 Å². The van der Waals surface area contributed by atoms with E-state index in [0.29, 0.717) is 5.92 Å². The van der Waals surface area contributed by atoms with Gasteiger partial charge in [0.25, 0.3) is 0 Å². The summed E-state index contributed by atoms with van der Waals surface area (Å²) in [7, 11) is 0. The van der Waals surface area contributed by atoms with Gasteiger partial charge in [-0.05, 0) is 32.5 Å². The van der Waals surface area contributed by atoms with Gasteiger partial charge in [0.15, 0.2) is 4.34 Å². The molecule has 0 saturated carbocycles. The van der Waals surface area contributed by atoms with Crippen LogP contribution in [-0.4, -0.2) is 21.5 Å². The molecule has 0 fully saturated rings. The fourth-order valence-electron chi connectivity index (χ4n) is 1.67. The molecule has 0 aliphatic rings. The van der Waals surface area contributed by atoms with E-state index in [-0.39, 0.29) is 0 Å². The van der Waals surface area contributed by atoms with E-state index in [1.165, 1.54) is 0 Å². The lowest BCUT2D eigenvalue weighted by Gasteiger charge is -2.13. The highest BCUT2D eigenvalue weighted by atomic mass is 32.2. The number of thiazole rings is 1. The molecule has 2 rings (SSSR count). The molecule has 0 aliphatic heterocycles. The van der Waals surface area contributed by atoms with E-state index < -0.39 is 0 Å². The van der Waals surface area contributed by atoms with Crippen LogP contribution in [0, 0.1) is 13.8 Å². The highest BCUT2D eigenvalue weighted by molar-refractivity contribution is 8.01. The van der Waals surface area contributed by atoms with E-state index in [4.69, 9.17) is 4.98 Å². The maximum atomic E-state index is 4.70. The zero-order valence-electron chi connectivity index (χ0n) is 12.5. The van der Waals surface area contributed by atoms with E-state index in [2.05, 4.69) is 48.4 Å². The van der Waals surface area contributed by atoms with Gasteiger partial charge in [0, 0.05) is 29.1 Å². The van der Waals surface area contributed by atoms with Crippen LogP contribution in [0.5, 0.6) is 0 Å². The number of aryl methyl sites for hydroxylation is 1. The third-order valence-corrected chi connectivity index (χ3v) is 4.91. The van der Waals surface area contributed by atoms with Crippen molar-refractivity contribution < 1.29 is 0 Å². The summed E-state index contributed by atoms with van der Waals surface area (Å²) in [5.74, 6) is 2.12. The number of rotatable bonds is 5. The van der Waals surface area contributed by atoms with Gasteiger partial charge in [-0.2, -0.15) is 0 Å². The molecule has 2 heterocycles. The molecule has 108 valence electrons. The third kappa shape index (κ3) is 3.49. The normalized spacial score (nSPS) is 11.1. The second-order valence-corrected chi connectivity index (χ2v) is 7.00. The first-order valence-corrected chi connectivity index (χ1v) is 8.43. The van der Waals surface area contributed by atoms with Crippen molar-refractivity contribution in [2.24, 2.45) is 0 Å². The first-order chi connectivity index (χ1) is 9.51. The summed E-state index contributed by atoms with van der Waals surface area (Å²) in [6, 6.07) is 0. The van der Waals surface area contributed by atoms with Crippen molar-refractivity contribution in [2.75, 3.05) is 11.9 Å². The van der Waals surface area contributed by atoms with Crippen LogP contribution in [0.2, 0.25) is 0 Å². The van der Waals surface area contributed by atoms with Crippen molar-refractivity contribution in [1.82, 2.24) is 15.0 Å². The van der Waals surface area contributed by atoms with E-state index >= 15 is 0 Å². The molecule has 6 heteroatoms. The minimum Gasteiger partial charge on any atom is -0.370 e. The van der Waals surface area contributed by atoms with Gasteiger partial charge in [-0.25, -0.2) is 15.0 Å². The Labute approximate surface area is 128 Å². The van der Waals surface area contributed by atoms with Gasteiger partial charge >= 0.3 is 0 Å². The number of nitrogens with one attached hydrogen (secondary N) is 1. The van der Waals surface area contributed by atoms with Crippen LogP contribution in [0.25, 0.3) is 0 Å². The smallest absolute Gasteiger partial charge is 0.156 e. The van der Waals surface area contributed by atoms with Gasteiger partial charge in [-0.3, -0.25) is 0 Å². The van der Waals surface area contributed by atoms with Crippen LogP contribution in [-0.2, 0) is 0 Å². The number of nitrogens with zero attached hydrogens (tertiary/aromatic N) is 3. The molecule has 2 aromatic heterocycles. The predicted molar refractivity (Wildman–Crippen MR) is 86.0 cm³/mol. The topological polar surface area (TPSA) is 50.7 Å². The SMILES string of the molecule is CCNc1nc(C(C)C)nc(Sc2nc(C)cs2)c1C. The van der Waals surface area contributed by atoms with Crippen LogP contribution in [0.4, 0.5) is 5.82 Å². The van der Waals surface area contributed by atoms with Gasteiger partial charge in [0.2, 0.25) is 0 Å². The molecule has 0 saturated heterocycles. The number of anilines is 1. The average Bonchev–Trinajstić information content (AvgIpc) is 2.79. The number of hydrogen-bond donors (Lipinski definition) is 1. The summed E-state index contributed by atoms with van der Waals surface area (Å²) < 4.78 is 1.03. The quantitative estimate of drug-likeness (QED) is 0.837. The molecule has 0 bridgehead atoms. The van der Waals surface area contributed by atoms with Crippen molar-refractivity contribution in [2.45, 2.75) is 49.9 Å². The van der Waals surface area contributed by atoms with Crippen LogP contribution in [0.15, 0.2) is 14.7 Å². The molecule has 2 aromatic rings. The molecular formula is C14H20N4S2. The molecule has 20 heavy (non-hydrogen) atoms. The Morgan fingerprint density at radius 1 is 1.25 bits per heavy atom. The largest absolute Gasteiger partial charge is 0.370 e. The Hall–Kier alpha value is -1.14. The lowest BCUT2D eigenvalue weighted by Crippen LogP contribution is -2.08. The van der Waals surface area contributed by atoms with E-state index in [1.807, 2.05) is 6.92 Å². The van der Waals surface area contributed by atoms with Gasteiger partial charge in [-0.1, -0.05) is 13.8 Å². The molecule has 0 unspecified atom stereocenters. The van der Waals surface area contributed by atoms with Gasteiger partial charge < -0.3 is 5.32 Å². The Morgan fingerprint density at radius 2 is 2.00 bits per heavy atom. The Morgan fingerprint density at radius 3 is 2.55 bits per heavy atom. The summed E-state index contributed by atoms with van der Waals surface area (Å²) in [5.41, 5.74) is 2.15. The van der Waals surface area contributed by atoms with Crippen LogP contribution in [0.1, 0.15) is 43.8 Å². The molecule has 0 amide bonds. The molecule has 0 aromatic carbocycles. The van der Waals surface area contributed by atoms with Crippen LogP contribution >= 0.6 is 23.1 Å². The maximum Gasteiger partial charge on any atom is 0.156 e. The van der Waals surface area contributed by atoms with E-state index in [9.17, 15) is 0 Å². The highest BCUT2D eigenvalue weighted by Crippen LogP contribution is 2.34. The van der Waals surface area contributed by atoms with Crippen LogP contribution < -0.4 is 5.32 Å². The fourth-order valence-corrected chi connectivity index (χ4v) is 3.51. The molecule has 4 nitrogen and oxygen atoms in total. The van der Waals surface area contributed by atoms with Crippen molar-refractivity contribution in [3.05, 3.63) is 22.5 Å². The number of hydrogen-bond acceptors (Lipinski definition) is 6. The third-order valence-electron chi connectivity index (χ3n) is 2.76. The van der Waals surface area contributed by atoms with Gasteiger partial charge in [0.1, 0.15) is 16.7 Å². The van der Waals surface area contributed by atoms with Crippen molar-refractivity contribution in [1.29, 1.82) is 0 Å². The fraction of sp³-hybridized carbons (Fsp3) is 0.500. The zero-order chi connectivity index (χ0) is 14.7. The van der Waals surface area contributed by atoms with Crippen molar-refractivity contribution >= 4 is 28.9 Å². The first kappa shape index (κ1) is 15.3. The lowest BCUT2D eigenvalue weighted by atomic mass is 10.2. The van der Waals surface area contributed by atoms with Crippen molar-refractivity contribution in [3.8, 4) is 0 Å². The monoisotopic (exact) mass is 308 g/mol. The summed E-state index contributed by atoms with van der Waals surface area (Å²) in [5, 5.41) is 6.38. The molecule has 0 radical (unpaired) electrons. The Balaban J connectivity index is 2.39. The van der Waals surface area contributed by atoms with Gasteiger partial charge in [-0.15, -0.1) is 11.3 Å². The van der Waals surface area contributed by atoms with E-state index in [1.54, 1.807) is 23.1 Å². The number of aromatic nitrogens is 3. The Bertz CT molecular complexity index is 593. The maximum absolute atomic E-state index is 4.70. The van der Waals surface area contributed by atoms with Gasteiger partial charge in [0.05, 0.1) is 0 Å². The standard InChI is InChI=1S/C14H20N4S2/c1-6-15-12-10(5)13(18-11(17-12)8(2)3)20-14-16-9(4)7-19-14/h7-8H,6H2,1-5H3,(H,15,17,18). The Kier molecular flexibility index (Phi) is 4.99. The molecular weight excluding hydrogens is 288 g/mol. The summed E-state index contributed by atoms with van der Waals surface area (Å²) in [6.45, 7) is 11.2. The minimum atomic E-state index is 0.311. The van der Waals surface area contributed by atoms with E-state index in [0.717, 1.165) is 38.8 Å².